The van der Waals surface area contributed by atoms with E-state index < -0.39 is 5.97 Å². The molecule has 5 heteroatoms. The summed E-state index contributed by atoms with van der Waals surface area (Å²) in [5, 5.41) is 0. The lowest BCUT2D eigenvalue weighted by molar-refractivity contribution is 0.0600. The number of hydrogen-bond donors (Lipinski definition) is 2. The third-order valence-electron chi connectivity index (χ3n) is 1.84. The zero-order chi connectivity index (χ0) is 10.6. The number of methoxy groups -OCH3 is 1. The predicted molar refractivity (Wildman–Crippen MR) is 51.6 cm³/mol. The maximum absolute atomic E-state index is 11.0. The normalized spacial score (nSPS) is 12.2. The van der Waals surface area contributed by atoms with Crippen molar-refractivity contribution in [3.63, 3.8) is 0 Å². The van der Waals surface area contributed by atoms with Crippen LogP contribution in [0.3, 0.4) is 0 Å². The molecule has 0 saturated heterocycles. The van der Waals surface area contributed by atoms with Crippen LogP contribution < -0.4 is 11.5 Å². The Balaban J connectivity index is 2.83. The summed E-state index contributed by atoms with van der Waals surface area (Å²) in [4.78, 5) is 15.1. The van der Waals surface area contributed by atoms with Crippen LogP contribution in [0.1, 0.15) is 22.1 Å². The second kappa shape index (κ2) is 4.69. The van der Waals surface area contributed by atoms with Crippen LogP contribution in [-0.4, -0.2) is 24.6 Å². The number of nitrogens with zero attached hydrogens (tertiary/aromatic N) is 1. The Labute approximate surface area is 82.1 Å². The molecule has 4 N–H and O–H groups in total. The largest absolute Gasteiger partial charge is 0.465 e. The first-order valence-corrected chi connectivity index (χ1v) is 4.19. The van der Waals surface area contributed by atoms with Crippen LogP contribution in [0.2, 0.25) is 0 Å². The molecule has 76 valence electrons. The second-order valence-corrected chi connectivity index (χ2v) is 2.81. The Kier molecular flexibility index (Phi) is 3.55. The Morgan fingerprint density at radius 2 is 2.36 bits per heavy atom. The molecule has 0 fully saturated rings. The van der Waals surface area contributed by atoms with E-state index in [9.17, 15) is 4.79 Å². The van der Waals surface area contributed by atoms with E-state index in [-0.39, 0.29) is 6.04 Å². The molecule has 0 radical (unpaired) electrons. The summed E-state index contributed by atoms with van der Waals surface area (Å²) in [5.41, 5.74) is 12.1. The summed E-state index contributed by atoms with van der Waals surface area (Å²) in [6.07, 6.45) is 1.43. The standard InChI is InChI=1S/C9H13N3O2/c1-14-9(13)6-2-3-8(12-5-6)7(11)4-10/h2-3,5,7H,4,10-11H2,1H3/t7-/m1/s1. The van der Waals surface area contributed by atoms with Gasteiger partial charge in [-0.05, 0) is 12.1 Å². The molecule has 0 aliphatic carbocycles. The van der Waals surface area contributed by atoms with Gasteiger partial charge in [0.15, 0.2) is 0 Å². The van der Waals surface area contributed by atoms with Crippen molar-refractivity contribution >= 4 is 5.97 Å². The number of pyridine rings is 1. The van der Waals surface area contributed by atoms with E-state index in [0.717, 1.165) is 0 Å². The van der Waals surface area contributed by atoms with Crippen LogP contribution in [0, 0.1) is 0 Å². The zero-order valence-corrected chi connectivity index (χ0v) is 7.93. The smallest absolute Gasteiger partial charge is 0.339 e. The number of carbonyl (C=O) groups is 1. The molecule has 0 amide bonds. The van der Waals surface area contributed by atoms with Crippen molar-refractivity contribution in [2.75, 3.05) is 13.7 Å². The van der Waals surface area contributed by atoms with Crippen molar-refractivity contribution in [1.29, 1.82) is 0 Å². The van der Waals surface area contributed by atoms with Crippen molar-refractivity contribution < 1.29 is 9.53 Å². The number of rotatable bonds is 3. The number of hydrogen-bond acceptors (Lipinski definition) is 5. The highest BCUT2D eigenvalue weighted by molar-refractivity contribution is 5.88. The molecule has 14 heavy (non-hydrogen) atoms. The Morgan fingerprint density at radius 1 is 1.64 bits per heavy atom. The SMILES string of the molecule is COC(=O)c1ccc([C@H](N)CN)nc1. The highest BCUT2D eigenvalue weighted by Gasteiger charge is 2.08. The number of nitrogens with two attached hydrogens (primary N) is 2. The first-order valence-electron chi connectivity index (χ1n) is 4.19. The van der Waals surface area contributed by atoms with Crippen molar-refractivity contribution in [3.8, 4) is 0 Å². The maximum Gasteiger partial charge on any atom is 0.339 e. The average molecular weight is 195 g/mol. The van der Waals surface area contributed by atoms with Gasteiger partial charge in [-0.15, -0.1) is 0 Å². The highest BCUT2D eigenvalue weighted by atomic mass is 16.5. The summed E-state index contributed by atoms with van der Waals surface area (Å²) in [6.45, 7) is 0.324. The molecule has 0 spiro atoms. The lowest BCUT2D eigenvalue weighted by Gasteiger charge is -2.07. The molecule has 0 unspecified atom stereocenters. The van der Waals surface area contributed by atoms with Gasteiger partial charge in [-0.2, -0.15) is 0 Å². The van der Waals surface area contributed by atoms with Crippen molar-refractivity contribution in [2.24, 2.45) is 11.5 Å². The fourth-order valence-electron chi connectivity index (χ4n) is 0.984. The van der Waals surface area contributed by atoms with Gasteiger partial charge in [0.2, 0.25) is 0 Å². The van der Waals surface area contributed by atoms with Crippen LogP contribution in [0.25, 0.3) is 0 Å². The van der Waals surface area contributed by atoms with Crippen LogP contribution in [-0.2, 0) is 4.74 Å². The fraction of sp³-hybridized carbons (Fsp3) is 0.333. The molecule has 5 nitrogen and oxygen atoms in total. The van der Waals surface area contributed by atoms with Crippen LogP contribution in [0.5, 0.6) is 0 Å². The first-order chi connectivity index (χ1) is 6.69. The molecule has 1 aromatic rings. The number of carbonyl (C=O) groups excluding carboxylic acids is 1. The van der Waals surface area contributed by atoms with Crippen molar-refractivity contribution in [3.05, 3.63) is 29.6 Å². The van der Waals surface area contributed by atoms with Gasteiger partial charge < -0.3 is 16.2 Å². The predicted octanol–water partition coefficient (Wildman–Crippen LogP) is -0.173. The topological polar surface area (TPSA) is 91.2 Å². The summed E-state index contributed by atoms with van der Waals surface area (Å²) in [5.74, 6) is -0.412. The molecular weight excluding hydrogens is 182 g/mol. The minimum Gasteiger partial charge on any atom is -0.465 e. The van der Waals surface area contributed by atoms with Crippen LogP contribution in [0.4, 0.5) is 0 Å². The molecule has 0 bridgehead atoms. The van der Waals surface area contributed by atoms with Crippen molar-refractivity contribution in [2.45, 2.75) is 6.04 Å². The van der Waals surface area contributed by atoms with Crippen molar-refractivity contribution in [1.82, 2.24) is 4.98 Å². The molecule has 1 aromatic heterocycles. The van der Waals surface area contributed by atoms with E-state index in [1.54, 1.807) is 12.1 Å². The Morgan fingerprint density at radius 3 is 2.79 bits per heavy atom. The van der Waals surface area contributed by atoms with Crippen LogP contribution in [0.15, 0.2) is 18.3 Å². The monoisotopic (exact) mass is 195 g/mol. The molecule has 0 saturated carbocycles. The second-order valence-electron chi connectivity index (χ2n) is 2.81. The number of aromatic nitrogens is 1. The molecule has 0 aliphatic rings. The van der Waals surface area contributed by atoms with E-state index in [4.69, 9.17) is 11.5 Å². The van der Waals surface area contributed by atoms with E-state index in [1.807, 2.05) is 0 Å². The van der Waals surface area contributed by atoms with Gasteiger partial charge >= 0.3 is 5.97 Å². The summed E-state index contributed by atoms with van der Waals surface area (Å²) in [7, 11) is 1.32. The van der Waals surface area contributed by atoms with Gasteiger partial charge in [-0.25, -0.2) is 4.79 Å². The van der Waals surface area contributed by atoms with Gasteiger partial charge in [0.05, 0.1) is 24.4 Å². The number of esters is 1. The van der Waals surface area contributed by atoms with E-state index in [1.165, 1.54) is 13.3 Å². The van der Waals surface area contributed by atoms with E-state index in [2.05, 4.69) is 9.72 Å². The van der Waals surface area contributed by atoms with Gasteiger partial charge in [0, 0.05) is 12.7 Å². The zero-order valence-electron chi connectivity index (χ0n) is 7.93. The lowest BCUT2D eigenvalue weighted by atomic mass is 10.2. The summed E-state index contributed by atoms with van der Waals surface area (Å²) in [6, 6.07) is 3.00. The fourth-order valence-corrected chi connectivity index (χ4v) is 0.984. The third kappa shape index (κ3) is 2.27. The van der Waals surface area contributed by atoms with E-state index in [0.29, 0.717) is 17.8 Å². The maximum atomic E-state index is 11.0. The molecular formula is C9H13N3O2. The molecule has 0 aliphatic heterocycles. The molecule has 0 aromatic carbocycles. The third-order valence-corrected chi connectivity index (χ3v) is 1.84. The van der Waals surface area contributed by atoms with Gasteiger partial charge in [0.1, 0.15) is 0 Å². The quantitative estimate of drug-likeness (QED) is 0.653. The number of ether oxygens (including phenoxy) is 1. The minimum atomic E-state index is -0.412. The van der Waals surface area contributed by atoms with Gasteiger partial charge in [-0.3, -0.25) is 4.98 Å². The van der Waals surface area contributed by atoms with Gasteiger partial charge in [0.25, 0.3) is 0 Å². The first kappa shape index (κ1) is 10.6. The van der Waals surface area contributed by atoms with Crippen LogP contribution >= 0.6 is 0 Å². The molecule has 1 heterocycles. The minimum absolute atomic E-state index is 0.290. The summed E-state index contributed by atoms with van der Waals surface area (Å²) >= 11 is 0. The van der Waals surface area contributed by atoms with E-state index >= 15 is 0 Å². The summed E-state index contributed by atoms with van der Waals surface area (Å²) < 4.78 is 4.53. The Hall–Kier alpha value is -1.46. The lowest BCUT2D eigenvalue weighted by Crippen LogP contribution is -2.21. The molecule has 1 atom stereocenters. The highest BCUT2D eigenvalue weighted by Crippen LogP contribution is 2.07. The molecule has 1 rings (SSSR count). The average Bonchev–Trinajstić information content (AvgIpc) is 2.27. The Bertz CT molecular complexity index is 310. The van der Waals surface area contributed by atoms with Gasteiger partial charge in [-0.1, -0.05) is 0 Å².